The summed E-state index contributed by atoms with van der Waals surface area (Å²) in [7, 11) is 0. The molecule has 0 spiro atoms. The highest BCUT2D eigenvalue weighted by molar-refractivity contribution is 9.09. The Morgan fingerprint density at radius 3 is 2.19 bits per heavy atom. The molecule has 0 aliphatic carbocycles. The second-order valence-electron chi connectivity index (χ2n) is 4.80. The van der Waals surface area contributed by atoms with E-state index in [1.807, 2.05) is 6.92 Å². The van der Waals surface area contributed by atoms with Crippen molar-refractivity contribution < 1.29 is 14.3 Å². The number of hydrogen-bond donors (Lipinski definition) is 0. The zero-order chi connectivity index (χ0) is 12.7. The molecule has 1 rings (SSSR count). The van der Waals surface area contributed by atoms with E-state index in [0.29, 0.717) is 5.57 Å². The van der Waals surface area contributed by atoms with Crippen molar-refractivity contribution in [3.63, 3.8) is 0 Å². The van der Waals surface area contributed by atoms with Crippen LogP contribution in [0.25, 0.3) is 0 Å². The van der Waals surface area contributed by atoms with Gasteiger partial charge in [0.15, 0.2) is 0 Å². The highest BCUT2D eigenvalue weighted by Crippen LogP contribution is 2.30. The van der Waals surface area contributed by atoms with Gasteiger partial charge in [-0.05, 0) is 40.2 Å². The van der Waals surface area contributed by atoms with E-state index in [4.69, 9.17) is 4.74 Å². The molecule has 1 unspecified atom stereocenters. The van der Waals surface area contributed by atoms with Crippen LogP contribution >= 0.6 is 15.9 Å². The first-order valence-corrected chi connectivity index (χ1v) is 5.94. The van der Waals surface area contributed by atoms with E-state index in [9.17, 15) is 9.59 Å². The van der Waals surface area contributed by atoms with E-state index in [1.54, 1.807) is 27.7 Å². The Labute approximate surface area is 104 Å². The van der Waals surface area contributed by atoms with Crippen LogP contribution < -0.4 is 0 Å². The molecule has 0 aromatic heterocycles. The van der Waals surface area contributed by atoms with Gasteiger partial charge in [0.05, 0.1) is 0 Å². The fourth-order valence-corrected chi connectivity index (χ4v) is 2.01. The number of ether oxygens (including phenoxy) is 1. The van der Waals surface area contributed by atoms with Gasteiger partial charge in [-0.2, -0.15) is 0 Å². The van der Waals surface area contributed by atoms with Crippen LogP contribution in [0.2, 0.25) is 0 Å². The molecule has 1 heterocycles. The van der Waals surface area contributed by atoms with Gasteiger partial charge in [-0.15, -0.1) is 0 Å². The number of carbonyl (C=O) groups excluding carboxylic acids is 2. The number of alkyl halides is 1. The second kappa shape index (κ2) is 4.20. The Hall–Kier alpha value is -0.840. The predicted molar refractivity (Wildman–Crippen MR) is 64.2 cm³/mol. The molecule has 0 saturated carbocycles. The predicted octanol–water partition coefficient (Wildman–Crippen LogP) is 2.82. The summed E-state index contributed by atoms with van der Waals surface area (Å²) in [6, 6.07) is 0. The zero-order valence-corrected chi connectivity index (χ0v) is 11.7. The molecule has 4 nitrogen and oxygen atoms in total. The van der Waals surface area contributed by atoms with Gasteiger partial charge in [-0.1, -0.05) is 15.9 Å². The van der Waals surface area contributed by atoms with Crippen LogP contribution in [0.3, 0.4) is 0 Å². The average molecular weight is 290 g/mol. The van der Waals surface area contributed by atoms with Gasteiger partial charge >= 0.3 is 6.09 Å². The molecule has 0 bridgehead atoms. The summed E-state index contributed by atoms with van der Waals surface area (Å²) >= 11 is 3.31. The lowest BCUT2D eigenvalue weighted by molar-refractivity contribution is -0.125. The minimum Gasteiger partial charge on any atom is -0.443 e. The standard InChI is InChI=1S/C11H16BrNO3/c1-6-7(2)9(14)13(8(6)12)10(15)16-11(3,4)5/h8H,1-5H3. The highest BCUT2D eigenvalue weighted by atomic mass is 79.9. The largest absolute Gasteiger partial charge is 0.443 e. The molecular formula is C11H16BrNO3. The van der Waals surface area contributed by atoms with Gasteiger partial charge in [0.25, 0.3) is 5.91 Å². The molecule has 0 N–H and O–H groups in total. The summed E-state index contributed by atoms with van der Waals surface area (Å²) in [5.74, 6) is -0.298. The maximum absolute atomic E-state index is 11.8. The molecule has 0 radical (unpaired) electrons. The maximum atomic E-state index is 11.8. The number of carbonyl (C=O) groups is 2. The molecule has 0 fully saturated rings. The molecule has 1 aliphatic heterocycles. The Morgan fingerprint density at radius 2 is 1.88 bits per heavy atom. The Morgan fingerprint density at radius 1 is 1.38 bits per heavy atom. The summed E-state index contributed by atoms with van der Waals surface area (Å²) in [6.07, 6.45) is -0.615. The van der Waals surface area contributed by atoms with Crippen molar-refractivity contribution in [2.45, 2.75) is 45.2 Å². The van der Waals surface area contributed by atoms with Crippen LogP contribution in [0.15, 0.2) is 11.1 Å². The van der Waals surface area contributed by atoms with E-state index in [0.717, 1.165) is 10.5 Å². The van der Waals surface area contributed by atoms with E-state index >= 15 is 0 Å². The summed E-state index contributed by atoms with van der Waals surface area (Å²) in [6.45, 7) is 8.82. The topological polar surface area (TPSA) is 46.6 Å². The number of amides is 2. The van der Waals surface area contributed by atoms with Crippen molar-refractivity contribution in [2.24, 2.45) is 0 Å². The fourth-order valence-electron chi connectivity index (χ4n) is 1.31. The molecule has 1 atom stereocenters. The minimum absolute atomic E-state index is 0.298. The van der Waals surface area contributed by atoms with E-state index in [1.165, 1.54) is 0 Å². The van der Waals surface area contributed by atoms with Crippen molar-refractivity contribution in [1.82, 2.24) is 4.90 Å². The smallest absolute Gasteiger partial charge is 0.418 e. The number of rotatable bonds is 0. The number of nitrogens with zero attached hydrogens (tertiary/aromatic N) is 1. The van der Waals surface area contributed by atoms with Crippen molar-refractivity contribution in [3.8, 4) is 0 Å². The number of imide groups is 1. The Balaban J connectivity index is 2.86. The summed E-state index contributed by atoms with van der Waals surface area (Å²) < 4.78 is 5.17. The molecule has 1 aliphatic rings. The first kappa shape index (κ1) is 13.2. The molecule has 0 saturated heterocycles. The van der Waals surface area contributed by atoms with E-state index in [2.05, 4.69) is 15.9 Å². The molecular weight excluding hydrogens is 274 g/mol. The fraction of sp³-hybridized carbons (Fsp3) is 0.636. The quantitative estimate of drug-likeness (QED) is 0.509. The first-order chi connectivity index (χ1) is 7.15. The van der Waals surface area contributed by atoms with Crippen molar-refractivity contribution >= 4 is 27.9 Å². The third-order valence-electron chi connectivity index (χ3n) is 2.31. The summed E-state index contributed by atoms with van der Waals surface area (Å²) in [5.41, 5.74) is 0.831. The lowest BCUT2D eigenvalue weighted by Crippen LogP contribution is -2.41. The van der Waals surface area contributed by atoms with Crippen molar-refractivity contribution in [3.05, 3.63) is 11.1 Å². The van der Waals surface area contributed by atoms with Crippen LogP contribution in [0.1, 0.15) is 34.6 Å². The average Bonchev–Trinajstić information content (AvgIpc) is 2.28. The van der Waals surface area contributed by atoms with Crippen LogP contribution in [-0.4, -0.2) is 27.5 Å². The Bertz CT molecular complexity index is 368. The van der Waals surface area contributed by atoms with Gasteiger partial charge in [-0.3, -0.25) is 4.79 Å². The highest BCUT2D eigenvalue weighted by Gasteiger charge is 2.39. The minimum atomic E-state index is -0.615. The van der Waals surface area contributed by atoms with Gasteiger partial charge in [0.2, 0.25) is 0 Å². The summed E-state index contributed by atoms with van der Waals surface area (Å²) in [5, 5.41) is 0. The molecule has 0 aromatic rings. The molecule has 16 heavy (non-hydrogen) atoms. The molecule has 2 amide bonds. The lowest BCUT2D eigenvalue weighted by atomic mass is 10.2. The SMILES string of the molecule is CC1=C(C)C(Br)N(C(=O)OC(C)(C)C)C1=O. The number of halogens is 1. The third-order valence-corrected chi connectivity index (χ3v) is 3.40. The third kappa shape index (κ3) is 2.45. The van der Waals surface area contributed by atoms with Crippen LogP contribution in [0.4, 0.5) is 4.79 Å². The van der Waals surface area contributed by atoms with Crippen LogP contribution in [0, 0.1) is 0 Å². The first-order valence-electron chi connectivity index (χ1n) is 5.03. The maximum Gasteiger partial charge on any atom is 0.418 e. The van der Waals surface area contributed by atoms with E-state index < -0.39 is 16.6 Å². The van der Waals surface area contributed by atoms with Crippen LogP contribution in [0.5, 0.6) is 0 Å². The molecule has 90 valence electrons. The van der Waals surface area contributed by atoms with Crippen LogP contribution in [-0.2, 0) is 9.53 Å². The van der Waals surface area contributed by atoms with Gasteiger partial charge in [0.1, 0.15) is 10.6 Å². The van der Waals surface area contributed by atoms with Crippen molar-refractivity contribution in [2.75, 3.05) is 0 Å². The second-order valence-corrected chi connectivity index (χ2v) is 5.67. The lowest BCUT2D eigenvalue weighted by Gasteiger charge is -2.25. The Kier molecular flexibility index (Phi) is 3.47. The van der Waals surface area contributed by atoms with E-state index in [-0.39, 0.29) is 5.91 Å². The molecule has 5 heteroatoms. The monoisotopic (exact) mass is 289 g/mol. The van der Waals surface area contributed by atoms with Gasteiger partial charge in [0, 0.05) is 5.57 Å². The summed E-state index contributed by atoms with van der Waals surface area (Å²) in [4.78, 5) is 24.3. The normalized spacial score (nSPS) is 21.8. The zero-order valence-electron chi connectivity index (χ0n) is 10.1. The van der Waals surface area contributed by atoms with Gasteiger partial charge < -0.3 is 4.74 Å². The van der Waals surface area contributed by atoms with Gasteiger partial charge in [-0.25, -0.2) is 9.69 Å². The van der Waals surface area contributed by atoms with Crippen molar-refractivity contribution in [1.29, 1.82) is 0 Å². The molecule has 0 aromatic carbocycles. The number of hydrogen-bond acceptors (Lipinski definition) is 3.